The van der Waals surface area contributed by atoms with Gasteiger partial charge in [0.15, 0.2) is 23.3 Å². The maximum atomic E-state index is 13.6. The van der Waals surface area contributed by atoms with Crippen molar-refractivity contribution in [2.75, 3.05) is 11.9 Å². The van der Waals surface area contributed by atoms with E-state index in [2.05, 4.69) is 12.2 Å². The van der Waals surface area contributed by atoms with Gasteiger partial charge in [0.1, 0.15) is 5.69 Å². The van der Waals surface area contributed by atoms with Crippen LogP contribution in [0.4, 0.5) is 32.4 Å². The Morgan fingerprint density at radius 3 is 1.78 bits per heavy atom. The molecule has 32 heavy (non-hydrogen) atoms. The summed E-state index contributed by atoms with van der Waals surface area (Å²) in [5.74, 6) is -14.6. The molecule has 0 spiro atoms. The predicted molar refractivity (Wildman–Crippen MR) is 108 cm³/mol. The maximum absolute atomic E-state index is 13.6. The van der Waals surface area contributed by atoms with Crippen LogP contribution < -0.4 is 10.6 Å². The third-order valence-corrected chi connectivity index (χ3v) is 5.17. The number of nitrogens with one attached hydrogen (secondary N) is 2. The smallest absolute Gasteiger partial charge is 0.319 e. The molecule has 6 nitrogen and oxygen atoms in total. The van der Waals surface area contributed by atoms with E-state index in [0.29, 0.717) is 19.3 Å². The van der Waals surface area contributed by atoms with E-state index in [1.54, 1.807) is 5.32 Å². The number of halogens is 5. The van der Waals surface area contributed by atoms with Crippen LogP contribution in [-0.4, -0.2) is 33.9 Å². The van der Waals surface area contributed by atoms with Gasteiger partial charge >= 0.3 is 6.03 Å². The zero-order chi connectivity index (χ0) is 24.3. The number of hydrogen-bond acceptors (Lipinski definition) is 4. The van der Waals surface area contributed by atoms with E-state index in [9.17, 15) is 42.1 Å². The highest BCUT2D eigenvalue weighted by Gasteiger charge is 2.31. The summed E-state index contributed by atoms with van der Waals surface area (Å²) < 4.78 is 66.4. The molecule has 1 unspecified atom stereocenters. The minimum absolute atomic E-state index is 0.0136. The molecule has 0 aliphatic heterocycles. The van der Waals surface area contributed by atoms with Crippen LogP contribution in [0.15, 0.2) is 0 Å². The summed E-state index contributed by atoms with van der Waals surface area (Å²) in [4.78, 5) is 11.7. The Morgan fingerprint density at radius 2 is 1.25 bits per heavy atom. The average molecular weight is 470 g/mol. The lowest BCUT2D eigenvalue weighted by molar-refractivity contribution is -0.344. The molecule has 0 bridgehead atoms. The molecule has 1 atom stereocenters. The van der Waals surface area contributed by atoms with Crippen LogP contribution >= 0.6 is 0 Å². The maximum Gasteiger partial charge on any atom is 0.319 e. The van der Waals surface area contributed by atoms with Gasteiger partial charge in [0.05, 0.1) is 0 Å². The largest absolute Gasteiger partial charge is 0.343 e. The summed E-state index contributed by atoms with van der Waals surface area (Å²) in [6.45, 7) is 2.09. The molecule has 0 heterocycles. The number of benzene rings is 1. The van der Waals surface area contributed by atoms with Gasteiger partial charge in [-0.3, -0.25) is 0 Å². The number of rotatable bonds is 14. The van der Waals surface area contributed by atoms with Gasteiger partial charge in [0.25, 0.3) is 5.97 Å². The number of anilines is 1. The van der Waals surface area contributed by atoms with E-state index >= 15 is 0 Å². The second-order valence-electron chi connectivity index (χ2n) is 7.76. The molecule has 1 rings (SSSR count). The molecule has 0 saturated carbocycles. The normalized spacial score (nSPS) is 12.7. The lowest BCUT2D eigenvalue weighted by Crippen LogP contribution is -2.37. The Bertz CT molecular complexity index is 715. The molecule has 0 radical (unpaired) electrons. The highest BCUT2D eigenvalue weighted by atomic mass is 19.2. The highest BCUT2D eigenvalue weighted by molar-refractivity contribution is 5.89. The van der Waals surface area contributed by atoms with Crippen molar-refractivity contribution in [2.45, 2.75) is 77.1 Å². The van der Waals surface area contributed by atoms with Crippen LogP contribution in [0.2, 0.25) is 0 Å². The molecule has 2 amide bonds. The van der Waals surface area contributed by atoms with Gasteiger partial charge in [-0.05, 0) is 19.3 Å². The van der Waals surface area contributed by atoms with Crippen LogP contribution in [0.25, 0.3) is 0 Å². The fraction of sp³-hybridized carbons (Fsp3) is 0.667. The first-order chi connectivity index (χ1) is 15.0. The molecule has 0 fully saturated rings. The lowest BCUT2D eigenvalue weighted by atomic mass is 9.92. The van der Waals surface area contributed by atoms with Gasteiger partial charge in [-0.25, -0.2) is 26.7 Å². The van der Waals surface area contributed by atoms with E-state index in [-0.39, 0.29) is 13.0 Å². The first kappa shape index (κ1) is 28.1. The average Bonchev–Trinajstić information content (AvgIpc) is 2.73. The fourth-order valence-electron chi connectivity index (χ4n) is 3.29. The molecule has 0 aliphatic carbocycles. The Balaban J connectivity index is 2.41. The third kappa shape index (κ3) is 8.87. The van der Waals surface area contributed by atoms with Crippen molar-refractivity contribution in [3.63, 3.8) is 0 Å². The Kier molecular flexibility index (Phi) is 11.9. The second kappa shape index (κ2) is 13.5. The monoisotopic (exact) mass is 470 g/mol. The van der Waals surface area contributed by atoms with E-state index < -0.39 is 52.7 Å². The summed E-state index contributed by atoms with van der Waals surface area (Å²) in [6, 6.07) is -1.17. The van der Waals surface area contributed by atoms with Gasteiger partial charge in [-0.1, -0.05) is 51.9 Å². The number of carbonyl (C=O) groups excluding carboxylic acids is 1. The fourth-order valence-corrected chi connectivity index (χ4v) is 3.29. The van der Waals surface area contributed by atoms with Gasteiger partial charge in [0.2, 0.25) is 5.82 Å². The van der Waals surface area contributed by atoms with Crippen molar-refractivity contribution in [1.82, 2.24) is 5.32 Å². The summed E-state index contributed by atoms with van der Waals surface area (Å²) in [5.41, 5.74) is -1.46. The number of hydrogen-bond donors (Lipinski definition) is 5. The van der Waals surface area contributed by atoms with E-state index in [1.807, 2.05) is 0 Å². The third-order valence-electron chi connectivity index (χ3n) is 5.17. The number of urea groups is 1. The van der Waals surface area contributed by atoms with Crippen molar-refractivity contribution >= 4 is 11.7 Å². The van der Waals surface area contributed by atoms with Crippen molar-refractivity contribution in [2.24, 2.45) is 5.92 Å². The molecule has 184 valence electrons. The van der Waals surface area contributed by atoms with Crippen LogP contribution in [0.5, 0.6) is 0 Å². The molecular weight excluding hydrogens is 439 g/mol. The standard InChI is InChI=1S/C21H31F5N2O4/c1-2-3-4-5-6-7-10-13(21(30,31)32)11-8-9-12-27-20(29)28-19-17(25)15(23)14(22)16(24)18(19)26/h13,30-32H,2-12H2,1H3,(H2,27,28,29). The number of carbonyl (C=O) groups is 1. The molecule has 1 aromatic rings. The summed E-state index contributed by atoms with van der Waals surface area (Å²) in [6.07, 6.45) is 7.36. The molecular formula is C21H31F5N2O4. The number of unbranched alkanes of at least 4 members (excludes halogenated alkanes) is 6. The molecule has 5 N–H and O–H groups in total. The Labute approximate surface area is 183 Å². The van der Waals surface area contributed by atoms with Crippen LogP contribution in [-0.2, 0) is 0 Å². The summed E-state index contributed by atoms with van der Waals surface area (Å²) >= 11 is 0. The van der Waals surface area contributed by atoms with Crippen molar-refractivity contribution in [1.29, 1.82) is 0 Å². The van der Waals surface area contributed by atoms with Gasteiger partial charge in [0, 0.05) is 12.5 Å². The minimum Gasteiger partial charge on any atom is -0.343 e. The lowest BCUT2D eigenvalue weighted by Gasteiger charge is -2.26. The zero-order valence-electron chi connectivity index (χ0n) is 18.0. The number of amides is 2. The first-order valence-electron chi connectivity index (χ1n) is 10.7. The highest BCUT2D eigenvalue weighted by Crippen LogP contribution is 2.27. The van der Waals surface area contributed by atoms with Crippen molar-refractivity contribution in [3.8, 4) is 0 Å². The van der Waals surface area contributed by atoms with E-state index in [0.717, 1.165) is 38.5 Å². The summed E-state index contributed by atoms with van der Waals surface area (Å²) in [5, 5.41) is 32.4. The van der Waals surface area contributed by atoms with E-state index in [1.165, 1.54) is 0 Å². The Morgan fingerprint density at radius 1 is 0.781 bits per heavy atom. The second-order valence-corrected chi connectivity index (χ2v) is 7.76. The SMILES string of the molecule is CCCCCCCCC(CCCCNC(=O)Nc1c(F)c(F)c(F)c(F)c1F)C(O)(O)O. The van der Waals surface area contributed by atoms with Gasteiger partial charge in [-0.15, -0.1) is 0 Å². The van der Waals surface area contributed by atoms with Crippen LogP contribution in [0, 0.1) is 35.0 Å². The first-order valence-corrected chi connectivity index (χ1v) is 10.7. The van der Waals surface area contributed by atoms with Crippen molar-refractivity contribution < 1.29 is 42.1 Å². The molecule has 1 aromatic carbocycles. The number of aliphatic hydroxyl groups is 3. The van der Waals surface area contributed by atoms with Crippen LogP contribution in [0.3, 0.4) is 0 Å². The molecule has 11 heteroatoms. The minimum atomic E-state index is -2.82. The zero-order valence-corrected chi connectivity index (χ0v) is 18.0. The topological polar surface area (TPSA) is 102 Å². The quantitative estimate of drug-likeness (QED) is 0.0897. The predicted octanol–water partition coefficient (Wildman–Crippen LogP) is 4.67. The molecule has 0 aromatic heterocycles. The molecule has 0 saturated heterocycles. The molecule has 0 aliphatic rings. The van der Waals surface area contributed by atoms with E-state index in [4.69, 9.17) is 0 Å². The van der Waals surface area contributed by atoms with Crippen molar-refractivity contribution in [3.05, 3.63) is 29.1 Å². The van der Waals surface area contributed by atoms with Gasteiger partial charge in [-0.2, -0.15) is 0 Å². The summed E-state index contributed by atoms with van der Waals surface area (Å²) in [7, 11) is 0. The van der Waals surface area contributed by atoms with Gasteiger partial charge < -0.3 is 26.0 Å². The van der Waals surface area contributed by atoms with Crippen LogP contribution in [0.1, 0.15) is 71.1 Å². The Hall–Kier alpha value is -1.98.